The maximum atomic E-state index is 14.8. The summed E-state index contributed by atoms with van der Waals surface area (Å²) < 4.78 is 65.1. The number of anilines is 2. The van der Waals surface area contributed by atoms with Crippen molar-refractivity contribution in [2.75, 3.05) is 36.2 Å². The molecule has 10 nitrogen and oxygen atoms in total. The van der Waals surface area contributed by atoms with Gasteiger partial charge in [-0.15, -0.1) is 0 Å². The average Bonchev–Trinajstić information content (AvgIpc) is 3.67. The average molecular weight is 604 g/mol. The number of aromatic nitrogens is 5. The summed E-state index contributed by atoms with van der Waals surface area (Å²) in [6.45, 7) is 8.45. The molecule has 0 saturated carbocycles. The highest BCUT2D eigenvalue weighted by molar-refractivity contribution is 5.95. The largest absolute Gasteiger partial charge is 0.435 e. The third-order valence-corrected chi connectivity index (χ3v) is 9.24. The molecule has 3 aromatic heterocycles. The third-order valence-electron chi connectivity index (χ3n) is 9.24. The highest BCUT2D eigenvalue weighted by Crippen LogP contribution is 2.44. The molecule has 4 aliphatic rings. The minimum atomic E-state index is -4.68. The number of morpholine rings is 1. The van der Waals surface area contributed by atoms with Crippen molar-refractivity contribution in [1.82, 2.24) is 24.5 Å². The van der Waals surface area contributed by atoms with E-state index in [0.717, 1.165) is 44.9 Å². The molecule has 0 amide bonds. The second-order valence-corrected chi connectivity index (χ2v) is 12.6. The first-order valence-corrected chi connectivity index (χ1v) is 15.6. The quantitative estimate of drug-likeness (QED) is 0.366. The van der Waals surface area contributed by atoms with E-state index in [2.05, 4.69) is 26.9 Å². The van der Waals surface area contributed by atoms with Gasteiger partial charge < -0.3 is 24.0 Å². The molecule has 43 heavy (non-hydrogen) atoms. The van der Waals surface area contributed by atoms with Crippen LogP contribution in [0.25, 0.3) is 16.9 Å². The predicted molar refractivity (Wildman–Crippen MR) is 155 cm³/mol. The minimum absolute atomic E-state index is 0.00963. The Morgan fingerprint density at radius 3 is 2.49 bits per heavy atom. The Bertz CT molecular complexity index is 1430. The number of pyridine rings is 1. The molecule has 3 aromatic rings. The summed E-state index contributed by atoms with van der Waals surface area (Å²) in [6.07, 6.45) is 3.16. The van der Waals surface area contributed by atoms with Crippen LogP contribution in [-0.2, 0) is 20.4 Å². The second kappa shape index (κ2) is 11.2. The summed E-state index contributed by atoms with van der Waals surface area (Å²) in [6, 6.07) is 3.79. The van der Waals surface area contributed by atoms with Gasteiger partial charge >= 0.3 is 6.18 Å². The number of piperidine rings is 1. The Hall–Kier alpha value is -2.90. The Morgan fingerprint density at radius 1 is 1.02 bits per heavy atom. The molecule has 2 bridgehead atoms. The zero-order valence-electron chi connectivity index (χ0n) is 25.0. The van der Waals surface area contributed by atoms with Crippen LogP contribution in [0.1, 0.15) is 77.6 Å². The number of hydrogen-bond donors (Lipinski definition) is 0. The maximum Gasteiger partial charge on any atom is 0.435 e. The fourth-order valence-corrected chi connectivity index (χ4v) is 7.33. The van der Waals surface area contributed by atoms with Crippen LogP contribution >= 0.6 is 0 Å². The molecule has 7 heterocycles. The van der Waals surface area contributed by atoms with Gasteiger partial charge in [0.2, 0.25) is 0 Å². The van der Waals surface area contributed by atoms with Crippen LogP contribution in [-0.4, -0.2) is 81.2 Å². The molecule has 0 N–H and O–H groups in total. The van der Waals surface area contributed by atoms with Crippen LogP contribution < -0.4 is 9.80 Å². The van der Waals surface area contributed by atoms with Gasteiger partial charge in [-0.3, -0.25) is 0 Å². The number of fused-ring (bicyclic) bond motifs is 3. The van der Waals surface area contributed by atoms with Crippen LogP contribution in [0.5, 0.6) is 0 Å². The molecule has 7 rings (SSSR count). The molecule has 0 spiro atoms. The van der Waals surface area contributed by atoms with Crippen molar-refractivity contribution in [2.24, 2.45) is 0 Å². The highest BCUT2D eigenvalue weighted by atomic mass is 19.4. The molecule has 4 fully saturated rings. The predicted octanol–water partition coefficient (Wildman–Crippen LogP) is 5.48. The second-order valence-electron chi connectivity index (χ2n) is 12.6. The Kier molecular flexibility index (Phi) is 7.53. The van der Waals surface area contributed by atoms with Crippen molar-refractivity contribution in [3.05, 3.63) is 24.0 Å². The summed E-state index contributed by atoms with van der Waals surface area (Å²) in [5, 5.41) is 8.84. The number of rotatable bonds is 6. The fourth-order valence-electron chi connectivity index (χ4n) is 7.33. The summed E-state index contributed by atoms with van der Waals surface area (Å²) >= 11 is 0. The van der Waals surface area contributed by atoms with Gasteiger partial charge in [0, 0.05) is 37.5 Å². The molecule has 4 aliphatic heterocycles. The summed E-state index contributed by atoms with van der Waals surface area (Å²) in [5.74, 6) is 0.947. The number of hydrogen-bond acceptors (Lipinski definition) is 8. The van der Waals surface area contributed by atoms with E-state index >= 15 is 0 Å². The van der Waals surface area contributed by atoms with Gasteiger partial charge in [0.1, 0.15) is 12.0 Å². The molecule has 0 aliphatic carbocycles. The fraction of sp³-hybridized carbons (Fsp3) is 0.700. The minimum Gasteiger partial charge on any atom is -0.377 e. The van der Waals surface area contributed by atoms with Crippen molar-refractivity contribution in [3.8, 4) is 5.82 Å². The van der Waals surface area contributed by atoms with E-state index in [1.54, 1.807) is 16.9 Å². The van der Waals surface area contributed by atoms with Crippen molar-refractivity contribution in [3.63, 3.8) is 0 Å². The Balaban J connectivity index is 1.38. The Labute approximate surface area is 249 Å². The van der Waals surface area contributed by atoms with E-state index in [4.69, 9.17) is 19.2 Å². The van der Waals surface area contributed by atoms with Gasteiger partial charge in [-0.05, 0) is 65.7 Å². The Morgan fingerprint density at radius 2 is 1.81 bits per heavy atom. The SMILES string of the molecule is CC(C)OC1CCN(c2cc(N3C4CCC3COC4)nc3c2c(C(F)(F)F)nn3-c2ccn(C3CCCCO3)n2)[C@H](C)C1. The number of halogens is 3. The van der Waals surface area contributed by atoms with Crippen LogP contribution in [0.4, 0.5) is 24.7 Å². The smallest absolute Gasteiger partial charge is 0.377 e. The lowest BCUT2D eigenvalue weighted by Crippen LogP contribution is -2.47. The van der Waals surface area contributed by atoms with E-state index in [1.807, 2.05) is 19.9 Å². The van der Waals surface area contributed by atoms with E-state index < -0.39 is 11.9 Å². The summed E-state index contributed by atoms with van der Waals surface area (Å²) in [4.78, 5) is 9.29. The van der Waals surface area contributed by atoms with Crippen LogP contribution in [0.2, 0.25) is 0 Å². The molecule has 0 radical (unpaired) electrons. The highest BCUT2D eigenvalue weighted by Gasteiger charge is 2.43. The van der Waals surface area contributed by atoms with E-state index in [-0.39, 0.29) is 53.4 Å². The van der Waals surface area contributed by atoms with Crippen molar-refractivity contribution in [2.45, 2.75) is 108 Å². The van der Waals surface area contributed by atoms with Gasteiger partial charge in [-0.2, -0.15) is 28.1 Å². The van der Waals surface area contributed by atoms with Crippen molar-refractivity contribution < 1.29 is 27.4 Å². The number of nitrogens with zero attached hydrogens (tertiary/aromatic N) is 7. The van der Waals surface area contributed by atoms with Gasteiger partial charge in [0.15, 0.2) is 17.2 Å². The standard InChI is InChI=1S/C30H40F3N7O3/c1-18(2)43-22-9-11-37(19(3)14-22)23-15-25(39-20-7-8-21(39)17-41-16-20)34-29-27(23)28(30(31,32)33)36-40(29)24-10-12-38(35-24)26-6-4-5-13-42-26/h10,12,15,18-22,26H,4-9,11,13-14,16-17H2,1-3H3/t19-,20?,21?,22?,26?/m1/s1. The molecule has 13 heteroatoms. The number of ether oxygens (including phenoxy) is 3. The molecule has 5 atom stereocenters. The van der Waals surface area contributed by atoms with E-state index in [1.165, 1.54) is 4.68 Å². The first-order valence-electron chi connectivity index (χ1n) is 15.6. The third kappa shape index (κ3) is 5.37. The van der Waals surface area contributed by atoms with Crippen molar-refractivity contribution >= 4 is 22.5 Å². The van der Waals surface area contributed by atoms with E-state index in [9.17, 15) is 13.2 Å². The topological polar surface area (TPSA) is 82.7 Å². The molecule has 234 valence electrons. The summed E-state index contributed by atoms with van der Waals surface area (Å²) in [7, 11) is 0. The molecule has 4 saturated heterocycles. The molecular formula is C30H40F3N7O3. The maximum absolute atomic E-state index is 14.8. The normalized spacial score (nSPS) is 28.4. The van der Waals surface area contributed by atoms with Crippen molar-refractivity contribution in [1.29, 1.82) is 0 Å². The van der Waals surface area contributed by atoms with Gasteiger partial charge in [0.25, 0.3) is 0 Å². The first kappa shape index (κ1) is 28.8. The lowest BCUT2D eigenvalue weighted by atomic mass is 9.98. The first-order chi connectivity index (χ1) is 20.7. The van der Waals surface area contributed by atoms with Gasteiger partial charge in [-0.25, -0.2) is 9.67 Å². The van der Waals surface area contributed by atoms with Gasteiger partial charge in [-0.1, -0.05) is 0 Å². The van der Waals surface area contributed by atoms with Crippen LogP contribution in [0.3, 0.4) is 0 Å². The monoisotopic (exact) mass is 603 g/mol. The van der Waals surface area contributed by atoms with E-state index in [0.29, 0.717) is 37.9 Å². The zero-order valence-corrected chi connectivity index (χ0v) is 25.0. The lowest BCUT2D eigenvalue weighted by molar-refractivity contribution is -0.140. The van der Waals surface area contributed by atoms with Gasteiger partial charge in [0.05, 0.1) is 48.6 Å². The summed E-state index contributed by atoms with van der Waals surface area (Å²) in [5.41, 5.74) is -0.277. The molecule has 0 aromatic carbocycles. The van der Waals surface area contributed by atoms with Crippen LogP contribution in [0, 0.1) is 0 Å². The molecular weight excluding hydrogens is 563 g/mol. The van der Waals surface area contributed by atoms with Crippen LogP contribution in [0.15, 0.2) is 18.3 Å². The number of alkyl halides is 3. The zero-order chi connectivity index (χ0) is 29.9. The molecule has 4 unspecified atom stereocenters. The lowest BCUT2D eigenvalue weighted by Gasteiger charge is -2.41.